The van der Waals surface area contributed by atoms with Crippen LogP contribution in [0.25, 0.3) is 0 Å². The van der Waals surface area contributed by atoms with Crippen LogP contribution in [0.5, 0.6) is 0 Å². The average molecular weight is 251 g/mol. The third kappa shape index (κ3) is 3.99. The number of nitriles is 1. The molecule has 1 amide bonds. The van der Waals surface area contributed by atoms with E-state index in [4.69, 9.17) is 5.26 Å². The maximum absolute atomic E-state index is 12.5. The van der Waals surface area contributed by atoms with Gasteiger partial charge in [-0.3, -0.25) is 4.79 Å². The van der Waals surface area contributed by atoms with E-state index in [9.17, 15) is 4.79 Å². The number of hydrogen-bond donors (Lipinski definition) is 1. The number of carbonyl (C=O) groups excluding carboxylic acids is 1. The maximum Gasteiger partial charge on any atom is 0.239 e. The van der Waals surface area contributed by atoms with Gasteiger partial charge < -0.3 is 10.2 Å². The fraction of sp³-hybridized carbons (Fsp3) is 0.857. The van der Waals surface area contributed by atoms with Crippen molar-refractivity contribution in [2.45, 2.75) is 58.5 Å². The predicted molar refractivity (Wildman–Crippen MR) is 71.9 cm³/mol. The zero-order valence-electron chi connectivity index (χ0n) is 11.8. The molecule has 0 aromatic heterocycles. The zero-order chi connectivity index (χ0) is 13.5. The Kier molecular flexibility index (Phi) is 6.14. The molecule has 2 unspecified atom stereocenters. The van der Waals surface area contributed by atoms with Gasteiger partial charge in [0.15, 0.2) is 0 Å². The summed E-state index contributed by atoms with van der Waals surface area (Å²) in [6, 6.07) is 2.23. The lowest BCUT2D eigenvalue weighted by Gasteiger charge is -2.34. The molecule has 0 aliphatic carbocycles. The number of hydrogen-bond acceptors (Lipinski definition) is 3. The Morgan fingerprint density at radius 2 is 2.28 bits per heavy atom. The molecule has 0 spiro atoms. The van der Waals surface area contributed by atoms with Gasteiger partial charge in [-0.25, -0.2) is 0 Å². The lowest BCUT2D eigenvalue weighted by molar-refractivity contribution is -0.136. The second-order valence-corrected chi connectivity index (χ2v) is 5.34. The second-order valence-electron chi connectivity index (χ2n) is 5.34. The number of carbonyl (C=O) groups is 1. The van der Waals surface area contributed by atoms with Crippen molar-refractivity contribution in [1.29, 1.82) is 5.26 Å². The van der Waals surface area contributed by atoms with Crippen molar-refractivity contribution in [2.75, 3.05) is 13.1 Å². The number of rotatable bonds is 5. The molecule has 1 aliphatic rings. The van der Waals surface area contributed by atoms with Crippen LogP contribution in [0.2, 0.25) is 0 Å². The number of nitrogens with one attached hydrogen (secondary N) is 1. The lowest BCUT2D eigenvalue weighted by atomic mass is 9.89. The highest BCUT2D eigenvalue weighted by molar-refractivity contribution is 5.82. The molecule has 1 rings (SSSR count). The first kappa shape index (κ1) is 15.0. The third-order valence-electron chi connectivity index (χ3n) is 3.76. The predicted octanol–water partition coefficient (Wildman–Crippen LogP) is 1.92. The van der Waals surface area contributed by atoms with Crippen LogP contribution in [-0.4, -0.2) is 36.0 Å². The zero-order valence-corrected chi connectivity index (χ0v) is 11.8. The monoisotopic (exact) mass is 251 g/mol. The Labute approximate surface area is 110 Å². The van der Waals surface area contributed by atoms with Gasteiger partial charge in [-0.2, -0.15) is 5.26 Å². The highest BCUT2D eigenvalue weighted by Crippen LogP contribution is 2.21. The minimum absolute atomic E-state index is 0.0511. The largest absolute Gasteiger partial charge is 0.338 e. The van der Waals surface area contributed by atoms with Gasteiger partial charge in [0.1, 0.15) is 0 Å². The van der Waals surface area contributed by atoms with Crippen molar-refractivity contribution < 1.29 is 4.79 Å². The maximum atomic E-state index is 12.5. The van der Waals surface area contributed by atoms with Gasteiger partial charge in [0.2, 0.25) is 5.91 Å². The first-order valence-corrected chi connectivity index (χ1v) is 7.01. The van der Waals surface area contributed by atoms with E-state index in [1.165, 1.54) is 6.42 Å². The highest BCUT2D eigenvalue weighted by atomic mass is 16.2. The van der Waals surface area contributed by atoms with Crippen LogP contribution in [0.1, 0.15) is 46.5 Å². The summed E-state index contributed by atoms with van der Waals surface area (Å²) in [5.41, 5.74) is 0. The van der Waals surface area contributed by atoms with Crippen LogP contribution < -0.4 is 5.32 Å². The molecule has 4 heteroatoms. The Morgan fingerprint density at radius 3 is 2.83 bits per heavy atom. The quantitative estimate of drug-likeness (QED) is 0.812. The fourth-order valence-electron chi connectivity index (χ4n) is 2.55. The van der Waals surface area contributed by atoms with Crippen molar-refractivity contribution in [2.24, 2.45) is 5.92 Å². The van der Waals surface area contributed by atoms with E-state index >= 15 is 0 Å². The fourth-order valence-corrected chi connectivity index (χ4v) is 2.55. The summed E-state index contributed by atoms with van der Waals surface area (Å²) in [7, 11) is 0. The molecule has 0 saturated carbocycles. The molecule has 1 fully saturated rings. The van der Waals surface area contributed by atoms with Gasteiger partial charge in [0.25, 0.3) is 0 Å². The minimum Gasteiger partial charge on any atom is -0.338 e. The molecule has 1 N–H and O–H groups in total. The first-order chi connectivity index (χ1) is 8.60. The van der Waals surface area contributed by atoms with Crippen LogP contribution in [-0.2, 0) is 4.79 Å². The summed E-state index contributed by atoms with van der Waals surface area (Å²) in [5, 5.41) is 12.0. The molecule has 0 radical (unpaired) electrons. The van der Waals surface area contributed by atoms with Crippen LogP contribution in [0.15, 0.2) is 0 Å². The van der Waals surface area contributed by atoms with E-state index in [0.717, 1.165) is 19.4 Å². The van der Waals surface area contributed by atoms with E-state index in [-0.39, 0.29) is 18.0 Å². The van der Waals surface area contributed by atoms with Crippen molar-refractivity contribution in [3.8, 4) is 6.07 Å². The van der Waals surface area contributed by atoms with Gasteiger partial charge in [-0.05, 0) is 39.2 Å². The SMILES string of the molecule is CCC1CCNC(C(=O)N(CCC#N)C(C)C)C1. The summed E-state index contributed by atoms with van der Waals surface area (Å²) in [4.78, 5) is 14.3. The van der Waals surface area contributed by atoms with Crippen molar-refractivity contribution in [1.82, 2.24) is 10.2 Å². The molecule has 1 saturated heterocycles. The van der Waals surface area contributed by atoms with E-state index in [1.807, 2.05) is 18.7 Å². The molecule has 0 bridgehead atoms. The van der Waals surface area contributed by atoms with Gasteiger partial charge in [0.05, 0.1) is 18.5 Å². The standard InChI is InChI=1S/C14H25N3O/c1-4-12-6-8-16-13(10-12)14(18)17(11(2)3)9-5-7-15/h11-13,16H,4-6,8-10H2,1-3H3. The Bertz CT molecular complexity index is 309. The summed E-state index contributed by atoms with van der Waals surface area (Å²) in [5.74, 6) is 0.823. The number of nitrogens with zero attached hydrogens (tertiary/aromatic N) is 2. The molecule has 0 aromatic carbocycles. The van der Waals surface area contributed by atoms with E-state index in [1.54, 1.807) is 0 Å². The first-order valence-electron chi connectivity index (χ1n) is 7.01. The number of piperidine rings is 1. The Morgan fingerprint density at radius 1 is 1.56 bits per heavy atom. The molecule has 4 nitrogen and oxygen atoms in total. The van der Waals surface area contributed by atoms with Crippen molar-refractivity contribution in [3.05, 3.63) is 0 Å². The smallest absolute Gasteiger partial charge is 0.239 e. The van der Waals surface area contributed by atoms with Gasteiger partial charge in [-0.1, -0.05) is 13.3 Å². The van der Waals surface area contributed by atoms with Crippen LogP contribution in [0, 0.1) is 17.2 Å². The molecular weight excluding hydrogens is 226 g/mol. The summed E-state index contributed by atoms with van der Waals surface area (Å²) < 4.78 is 0. The van der Waals surface area contributed by atoms with Gasteiger partial charge >= 0.3 is 0 Å². The molecule has 18 heavy (non-hydrogen) atoms. The highest BCUT2D eigenvalue weighted by Gasteiger charge is 2.30. The molecule has 2 atom stereocenters. The van der Waals surface area contributed by atoms with E-state index in [0.29, 0.717) is 18.9 Å². The van der Waals surface area contributed by atoms with Crippen LogP contribution in [0.3, 0.4) is 0 Å². The number of amides is 1. The summed E-state index contributed by atoms with van der Waals surface area (Å²) in [6.07, 6.45) is 3.66. The summed E-state index contributed by atoms with van der Waals surface area (Å²) in [6.45, 7) is 7.68. The normalized spacial score (nSPS) is 23.7. The van der Waals surface area contributed by atoms with Crippen molar-refractivity contribution in [3.63, 3.8) is 0 Å². The summed E-state index contributed by atoms with van der Waals surface area (Å²) >= 11 is 0. The minimum atomic E-state index is -0.0511. The molecule has 0 aromatic rings. The second kappa shape index (κ2) is 7.38. The third-order valence-corrected chi connectivity index (χ3v) is 3.76. The van der Waals surface area contributed by atoms with Crippen LogP contribution >= 0.6 is 0 Å². The molecular formula is C14H25N3O. The Hall–Kier alpha value is -1.08. The molecule has 102 valence electrons. The van der Waals surface area contributed by atoms with E-state index in [2.05, 4.69) is 18.3 Å². The van der Waals surface area contributed by atoms with Gasteiger partial charge in [-0.15, -0.1) is 0 Å². The average Bonchev–Trinajstić information content (AvgIpc) is 2.38. The van der Waals surface area contributed by atoms with Crippen LogP contribution in [0.4, 0.5) is 0 Å². The topological polar surface area (TPSA) is 56.1 Å². The molecule has 1 aliphatic heterocycles. The molecule has 1 heterocycles. The van der Waals surface area contributed by atoms with E-state index < -0.39 is 0 Å². The Balaban J connectivity index is 2.61. The lowest BCUT2D eigenvalue weighted by Crippen LogP contribution is -2.52. The van der Waals surface area contributed by atoms with Crippen molar-refractivity contribution >= 4 is 5.91 Å². The van der Waals surface area contributed by atoms with Gasteiger partial charge in [0, 0.05) is 12.6 Å².